The van der Waals surface area contributed by atoms with Crippen LogP contribution in [0.4, 0.5) is 8.78 Å². The van der Waals surface area contributed by atoms with E-state index in [1.807, 2.05) is 19.2 Å². The minimum absolute atomic E-state index is 0.155. The Labute approximate surface area is 129 Å². The van der Waals surface area contributed by atoms with E-state index in [2.05, 4.69) is 20.6 Å². The van der Waals surface area contributed by atoms with Crippen molar-refractivity contribution in [2.45, 2.75) is 32.4 Å². The fourth-order valence-corrected chi connectivity index (χ4v) is 2.41. The molecule has 0 aromatic carbocycles. The van der Waals surface area contributed by atoms with E-state index in [1.165, 1.54) is 11.3 Å². The zero-order valence-corrected chi connectivity index (χ0v) is 12.8. The molecule has 120 valence electrons. The number of aliphatic hydroxyl groups excluding tert-OH is 1. The maximum atomic E-state index is 13.2. The van der Waals surface area contributed by atoms with Crippen LogP contribution in [0.5, 0.6) is 0 Å². The van der Waals surface area contributed by atoms with Gasteiger partial charge in [-0.1, -0.05) is 19.1 Å². The van der Waals surface area contributed by atoms with Crippen LogP contribution in [0.25, 0.3) is 0 Å². The van der Waals surface area contributed by atoms with Crippen LogP contribution in [-0.2, 0) is 12.6 Å². The molecular formula is C12H15F2N5O2S. The number of alkyl halides is 2. The van der Waals surface area contributed by atoms with Gasteiger partial charge in [0.15, 0.2) is 5.69 Å². The van der Waals surface area contributed by atoms with Crippen LogP contribution >= 0.6 is 11.3 Å². The smallest absolute Gasteiger partial charge is 0.367 e. The minimum atomic E-state index is -3.59. The number of nitrogens with one attached hydrogen (secondary N) is 1. The van der Waals surface area contributed by atoms with Crippen molar-refractivity contribution in [2.24, 2.45) is 0 Å². The van der Waals surface area contributed by atoms with Crippen LogP contribution in [0, 0.1) is 0 Å². The zero-order valence-electron chi connectivity index (χ0n) is 12.0. The molecule has 2 aromatic rings. The van der Waals surface area contributed by atoms with Gasteiger partial charge in [-0.15, -0.1) is 16.4 Å². The standard InChI is InChI=1S/C12H15F2N5O2S/c1-7(2)9-5-22-10(16-9)3-15-11(21)8-4-19(18-17-8)12(13,14)6-20/h4-5,7,20H,3,6H2,1-2H3,(H,15,21). The molecule has 0 spiro atoms. The number of thiazole rings is 1. The summed E-state index contributed by atoms with van der Waals surface area (Å²) in [5, 5.41) is 20.2. The number of aliphatic hydroxyl groups is 1. The average Bonchev–Trinajstić information content (AvgIpc) is 3.14. The van der Waals surface area contributed by atoms with Crippen LogP contribution in [0.1, 0.15) is 41.0 Å². The minimum Gasteiger partial charge on any atom is -0.388 e. The van der Waals surface area contributed by atoms with Gasteiger partial charge in [0, 0.05) is 5.38 Å². The zero-order chi connectivity index (χ0) is 16.3. The Hall–Kier alpha value is -1.94. The lowest BCUT2D eigenvalue weighted by atomic mass is 10.2. The molecule has 7 nitrogen and oxygen atoms in total. The average molecular weight is 331 g/mol. The fourth-order valence-electron chi connectivity index (χ4n) is 1.52. The summed E-state index contributed by atoms with van der Waals surface area (Å²) in [6, 6.07) is -3.59. The number of nitrogens with zero attached hydrogens (tertiary/aromatic N) is 4. The summed E-state index contributed by atoms with van der Waals surface area (Å²) in [4.78, 5) is 16.2. The second kappa shape index (κ2) is 6.44. The summed E-state index contributed by atoms with van der Waals surface area (Å²) in [6.07, 6.45) is 0.785. The van der Waals surface area contributed by atoms with Crippen LogP contribution in [0.2, 0.25) is 0 Å². The monoisotopic (exact) mass is 331 g/mol. The summed E-state index contributed by atoms with van der Waals surface area (Å²) in [6.45, 7) is 2.78. The summed E-state index contributed by atoms with van der Waals surface area (Å²) in [7, 11) is 0. The molecule has 0 fully saturated rings. The third-order valence-corrected chi connectivity index (χ3v) is 3.68. The lowest BCUT2D eigenvalue weighted by Gasteiger charge is -2.11. The van der Waals surface area contributed by atoms with Gasteiger partial charge in [-0.25, -0.2) is 4.98 Å². The number of aromatic nitrogens is 4. The van der Waals surface area contributed by atoms with Gasteiger partial charge in [0.25, 0.3) is 5.91 Å². The van der Waals surface area contributed by atoms with E-state index in [4.69, 9.17) is 5.11 Å². The molecule has 0 aliphatic heterocycles. The van der Waals surface area contributed by atoms with E-state index in [1.54, 1.807) is 0 Å². The fraction of sp³-hybridized carbons (Fsp3) is 0.500. The molecule has 0 bridgehead atoms. The van der Waals surface area contributed by atoms with Crippen molar-refractivity contribution in [3.8, 4) is 0 Å². The van der Waals surface area contributed by atoms with Gasteiger partial charge in [0.05, 0.1) is 18.4 Å². The predicted octanol–water partition coefficient (Wildman–Crippen LogP) is 1.33. The molecule has 10 heteroatoms. The van der Waals surface area contributed by atoms with Crippen molar-refractivity contribution in [3.63, 3.8) is 0 Å². The van der Waals surface area contributed by atoms with Gasteiger partial charge >= 0.3 is 6.05 Å². The summed E-state index contributed by atoms with van der Waals surface area (Å²) in [5.74, 6) is -0.345. The highest BCUT2D eigenvalue weighted by molar-refractivity contribution is 7.09. The van der Waals surface area contributed by atoms with E-state index in [0.717, 1.165) is 11.9 Å². The van der Waals surface area contributed by atoms with Crippen LogP contribution < -0.4 is 5.32 Å². The number of halogens is 2. The first-order valence-corrected chi connectivity index (χ1v) is 7.35. The van der Waals surface area contributed by atoms with E-state index in [9.17, 15) is 13.6 Å². The molecule has 0 atom stereocenters. The van der Waals surface area contributed by atoms with Crippen molar-refractivity contribution in [1.29, 1.82) is 0 Å². The molecule has 0 saturated carbocycles. The van der Waals surface area contributed by atoms with Crippen molar-refractivity contribution in [1.82, 2.24) is 25.3 Å². The summed E-state index contributed by atoms with van der Waals surface area (Å²) >= 11 is 1.41. The third-order valence-electron chi connectivity index (χ3n) is 2.81. The molecule has 22 heavy (non-hydrogen) atoms. The largest absolute Gasteiger partial charge is 0.388 e. The molecule has 1 amide bonds. The molecule has 0 aliphatic carbocycles. The van der Waals surface area contributed by atoms with Crippen LogP contribution in [-0.4, -0.2) is 37.6 Å². The molecule has 2 aromatic heterocycles. The summed E-state index contributed by atoms with van der Waals surface area (Å²) < 4.78 is 26.5. The molecular weight excluding hydrogens is 316 g/mol. The molecule has 2 rings (SSSR count). The maximum absolute atomic E-state index is 13.2. The number of carbonyl (C=O) groups is 1. The van der Waals surface area contributed by atoms with Crippen molar-refractivity contribution in [2.75, 3.05) is 6.61 Å². The first-order valence-electron chi connectivity index (χ1n) is 6.47. The topological polar surface area (TPSA) is 92.9 Å². The van der Waals surface area contributed by atoms with Crippen molar-refractivity contribution < 1.29 is 18.7 Å². The molecule has 0 saturated heterocycles. The summed E-state index contributed by atoms with van der Waals surface area (Å²) in [5.41, 5.74) is 0.677. The number of hydrogen-bond donors (Lipinski definition) is 2. The first kappa shape index (κ1) is 16.4. The molecule has 0 unspecified atom stereocenters. The second-order valence-electron chi connectivity index (χ2n) is 4.88. The van der Waals surface area contributed by atoms with Crippen LogP contribution in [0.3, 0.4) is 0 Å². The van der Waals surface area contributed by atoms with E-state index < -0.39 is 18.6 Å². The number of carbonyl (C=O) groups excluding carboxylic acids is 1. The Morgan fingerprint density at radius 3 is 2.86 bits per heavy atom. The SMILES string of the molecule is CC(C)c1csc(CNC(=O)c2cn(C(F)(F)CO)nn2)n1. The number of rotatable bonds is 6. The highest BCUT2D eigenvalue weighted by Gasteiger charge is 2.32. The van der Waals surface area contributed by atoms with Crippen LogP contribution in [0.15, 0.2) is 11.6 Å². The quantitative estimate of drug-likeness (QED) is 0.833. The van der Waals surface area contributed by atoms with Crippen molar-refractivity contribution >= 4 is 17.2 Å². The predicted molar refractivity (Wildman–Crippen MR) is 74.7 cm³/mol. The maximum Gasteiger partial charge on any atom is 0.367 e. The lowest BCUT2D eigenvalue weighted by Crippen LogP contribution is -2.28. The first-order chi connectivity index (χ1) is 10.3. The highest BCUT2D eigenvalue weighted by Crippen LogP contribution is 2.19. The normalized spacial score (nSPS) is 11.9. The third kappa shape index (κ3) is 3.63. The van der Waals surface area contributed by atoms with E-state index in [0.29, 0.717) is 10.9 Å². The molecule has 2 N–H and O–H groups in total. The van der Waals surface area contributed by atoms with Gasteiger partial charge in [-0.2, -0.15) is 13.5 Å². The Morgan fingerprint density at radius 1 is 1.55 bits per heavy atom. The van der Waals surface area contributed by atoms with Gasteiger partial charge in [0.1, 0.15) is 11.6 Å². The number of amides is 1. The van der Waals surface area contributed by atoms with E-state index in [-0.39, 0.29) is 16.9 Å². The van der Waals surface area contributed by atoms with Crippen molar-refractivity contribution in [3.05, 3.63) is 28.0 Å². The number of hydrogen-bond acceptors (Lipinski definition) is 6. The Balaban J connectivity index is 1.97. The second-order valence-corrected chi connectivity index (χ2v) is 5.82. The Morgan fingerprint density at radius 2 is 2.27 bits per heavy atom. The van der Waals surface area contributed by atoms with E-state index >= 15 is 0 Å². The van der Waals surface area contributed by atoms with Gasteiger partial charge in [-0.3, -0.25) is 4.79 Å². The Kier molecular flexibility index (Phi) is 4.81. The molecule has 0 radical (unpaired) electrons. The highest BCUT2D eigenvalue weighted by atomic mass is 32.1. The van der Waals surface area contributed by atoms with Gasteiger partial charge in [0.2, 0.25) is 0 Å². The molecule has 0 aliphatic rings. The lowest BCUT2D eigenvalue weighted by molar-refractivity contribution is -0.131. The van der Waals surface area contributed by atoms with Gasteiger partial charge in [-0.05, 0) is 5.92 Å². The Bertz CT molecular complexity index is 655. The van der Waals surface area contributed by atoms with Gasteiger partial charge < -0.3 is 10.4 Å². The molecule has 2 heterocycles.